The molecule has 0 aliphatic heterocycles. The molecule has 0 aromatic rings. The van der Waals surface area contributed by atoms with Gasteiger partial charge in [-0.1, -0.05) is 0 Å². The number of hydrogen-bond donors (Lipinski definition) is 1. The maximum absolute atomic E-state index is 10.5. The van der Waals surface area contributed by atoms with Crippen LogP contribution in [0.4, 0.5) is 4.11 Å². The molecule has 0 unspecified atom stereocenters. The second-order valence-electron chi connectivity index (χ2n) is 0.329. The lowest BCUT2D eigenvalue weighted by molar-refractivity contribution is -0.156. The standard InChI is InChI=1S/FHO3Si/c1-5(3)4-2/h2H. The zero-order valence-corrected chi connectivity index (χ0v) is 3.14. The van der Waals surface area contributed by atoms with Crippen LogP contribution in [0.15, 0.2) is 0 Å². The summed E-state index contributed by atoms with van der Waals surface area (Å²) >= 11 is 0. The topological polar surface area (TPSA) is 46.5 Å². The van der Waals surface area contributed by atoms with Crippen molar-refractivity contribution in [3.63, 3.8) is 0 Å². The molecule has 5 heteroatoms. The van der Waals surface area contributed by atoms with Crippen LogP contribution in [0.1, 0.15) is 0 Å². The zero-order valence-electron chi connectivity index (χ0n) is 2.14. The van der Waals surface area contributed by atoms with Crippen LogP contribution in [0.3, 0.4) is 0 Å². The van der Waals surface area contributed by atoms with Gasteiger partial charge in [0, 0.05) is 0 Å². The molecule has 0 aliphatic rings. The molecule has 0 fully saturated rings. The van der Waals surface area contributed by atoms with E-state index in [1.54, 1.807) is 0 Å². The summed E-state index contributed by atoms with van der Waals surface area (Å²) < 4.78 is 22.0. The van der Waals surface area contributed by atoms with E-state index in [4.69, 9.17) is 9.72 Å². The Morgan fingerprint density at radius 2 is 2.20 bits per heavy atom. The Morgan fingerprint density at radius 3 is 2.20 bits per heavy atom. The highest BCUT2D eigenvalue weighted by Crippen LogP contribution is 1.61. The van der Waals surface area contributed by atoms with Crippen molar-refractivity contribution in [2.24, 2.45) is 0 Å². The van der Waals surface area contributed by atoms with Crippen LogP contribution in [0.5, 0.6) is 0 Å². The summed E-state index contributed by atoms with van der Waals surface area (Å²) in [4.78, 5) is 0. The van der Waals surface area contributed by atoms with Crippen LogP contribution in [-0.4, -0.2) is 14.5 Å². The molecule has 1 N–H and O–H groups in total. The first-order chi connectivity index (χ1) is 2.27. The normalized spacial score (nSPS) is 6.80. The Bertz CT molecular complexity index is 42.2. The van der Waals surface area contributed by atoms with E-state index in [1.807, 2.05) is 0 Å². The molecule has 0 bridgehead atoms. The molecule has 0 aliphatic carbocycles. The first-order valence-electron chi connectivity index (χ1n) is 0.780. The second-order valence-corrected chi connectivity index (χ2v) is 0.987. The molecule has 0 spiro atoms. The molecule has 0 amide bonds. The minimum absolute atomic E-state index is 2.63. The van der Waals surface area contributed by atoms with E-state index in [0.29, 0.717) is 0 Å². The Balaban J connectivity index is 2.85. The van der Waals surface area contributed by atoms with Gasteiger partial charge in [-0.3, -0.25) is 4.46 Å². The van der Waals surface area contributed by atoms with Gasteiger partial charge in [-0.15, -0.1) is 0 Å². The molecule has 0 aromatic carbocycles. The predicted molar refractivity (Wildman–Crippen MR) is 11.3 cm³/mol. The van der Waals surface area contributed by atoms with Crippen molar-refractivity contribution in [3.8, 4) is 0 Å². The van der Waals surface area contributed by atoms with Crippen LogP contribution in [0, 0.1) is 0 Å². The van der Waals surface area contributed by atoms with E-state index in [-0.39, 0.29) is 0 Å². The van der Waals surface area contributed by atoms with Gasteiger partial charge >= 0.3 is 9.26 Å². The van der Waals surface area contributed by atoms with Crippen LogP contribution >= 0.6 is 0 Å². The lowest BCUT2D eigenvalue weighted by Crippen LogP contribution is -1.91. The number of halogens is 1. The Hall–Kier alpha value is -0.293. The molecule has 0 saturated heterocycles. The fourth-order valence-electron chi connectivity index (χ4n) is 0. The van der Waals surface area contributed by atoms with Crippen molar-refractivity contribution >= 4 is 9.26 Å². The summed E-state index contributed by atoms with van der Waals surface area (Å²) in [7, 11) is -3.57. The second kappa shape index (κ2) is 1.98. The quantitative estimate of drug-likeness (QED) is 0.214. The summed E-state index contributed by atoms with van der Waals surface area (Å²) in [5.74, 6) is 0. The van der Waals surface area contributed by atoms with Crippen LogP contribution < -0.4 is 0 Å². The summed E-state index contributed by atoms with van der Waals surface area (Å²) in [5.41, 5.74) is 0. The number of rotatable bonds is 1. The van der Waals surface area contributed by atoms with Gasteiger partial charge < -0.3 is 4.58 Å². The largest absolute Gasteiger partial charge is 0.770 e. The van der Waals surface area contributed by atoms with E-state index in [9.17, 15) is 4.11 Å². The van der Waals surface area contributed by atoms with E-state index < -0.39 is 9.26 Å². The minimum atomic E-state index is -3.57. The van der Waals surface area contributed by atoms with Gasteiger partial charge in [-0.25, -0.2) is 5.26 Å². The molecule has 0 saturated carbocycles. The van der Waals surface area contributed by atoms with Crippen molar-refractivity contribution in [2.75, 3.05) is 0 Å². The van der Waals surface area contributed by atoms with Gasteiger partial charge in [-0.2, -0.15) is 4.11 Å². The van der Waals surface area contributed by atoms with Crippen molar-refractivity contribution in [1.29, 1.82) is 0 Å². The maximum Gasteiger partial charge on any atom is 0.770 e. The Kier molecular flexibility index (Phi) is 1.86. The molecule has 3 nitrogen and oxygen atoms in total. The molecule has 0 radical (unpaired) electrons. The first kappa shape index (κ1) is 4.71. The van der Waals surface area contributed by atoms with Gasteiger partial charge in [0.2, 0.25) is 0 Å². The highest BCUT2D eigenvalue weighted by molar-refractivity contribution is 6.24. The molecule has 0 aromatic heterocycles. The molecule has 30 valence electrons. The molecule has 5 heavy (non-hydrogen) atoms. The fourth-order valence-corrected chi connectivity index (χ4v) is 0. The smallest absolute Gasteiger partial charge is 0.337 e. The van der Waals surface area contributed by atoms with E-state index >= 15 is 0 Å². The molecular weight excluding hydrogens is 95.1 g/mol. The molecule has 0 heterocycles. The third kappa shape index (κ3) is 3.71. The summed E-state index contributed by atoms with van der Waals surface area (Å²) in [6, 6.07) is 0. The van der Waals surface area contributed by atoms with Crippen LogP contribution in [-0.2, 0) is 9.04 Å². The monoisotopic (exact) mass is 96.0 g/mol. The maximum atomic E-state index is 10.5. The molecular formula is HFO3Si. The summed E-state index contributed by atoms with van der Waals surface area (Å²) in [6.07, 6.45) is 0. The third-order valence-corrected chi connectivity index (χ3v) is 0.215. The third-order valence-electron chi connectivity index (χ3n) is 0.0718. The SMILES string of the molecule is O=[Si](F)OO. The highest BCUT2D eigenvalue weighted by atomic mass is 28.3. The van der Waals surface area contributed by atoms with Gasteiger partial charge in [0.1, 0.15) is 0 Å². The summed E-state index contributed by atoms with van der Waals surface area (Å²) in [5, 5.41) is 7.00. The van der Waals surface area contributed by atoms with E-state index in [1.165, 1.54) is 0 Å². The first-order valence-corrected chi connectivity index (χ1v) is 1.97. The van der Waals surface area contributed by atoms with Crippen LogP contribution in [0.25, 0.3) is 0 Å². The number of hydrogen-bond acceptors (Lipinski definition) is 3. The minimum Gasteiger partial charge on any atom is -0.337 e. The van der Waals surface area contributed by atoms with Gasteiger partial charge in [0.05, 0.1) is 0 Å². The zero-order chi connectivity index (χ0) is 4.28. The lowest BCUT2D eigenvalue weighted by atomic mass is 15.0. The van der Waals surface area contributed by atoms with E-state index in [0.717, 1.165) is 0 Å². The molecule has 0 atom stereocenters. The van der Waals surface area contributed by atoms with E-state index in [2.05, 4.69) is 4.58 Å². The van der Waals surface area contributed by atoms with Gasteiger partial charge in [-0.05, 0) is 0 Å². The average Bonchev–Trinajstić information content (AvgIpc) is 1.38. The van der Waals surface area contributed by atoms with Gasteiger partial charge in [0.25, 0.3) is 0 Å². The Labute approximate surface area is 28.9 Å². The average molecular weight is 96.1 g/mol. The summed E-state index contributed by atoms with van der Waals surface area (Å²) in [6.45, 7) is 0. The molecule has 0 rings (SSSR count). The predicted octanol–water partition coefficient (Wildman–Crippen LogP) is -0.139. The Morgan fingerprint density at radius 1 is 2.00 bits per heavy atom. The van der Waals surface area contributed by atoms with Gasteiger partial charge in [0.15, 0.2) is 0 Å². The van der Waals surface area contributed by atoms with Crippen molar-refractivity contribution < 1.29 is 18.4 Å². The van der Waals surface area contributed by atoms with Crippen molar-refractivity contribution in [3.05, 3.63) is 0 Å². The van der Waals surface area contributed by atoms with Crippen molar-refractivity contribution in [1.82, 2.24) is 0 Å². The van der Waals surface area contributed by atoms with Crippen LogP contribution in [0.2, 0.25) is 0 Å². The highest BCUT2D eigenvalue weighted by Gasteiger charge is 1.99. The van der Waals surface area contributed by atoms with Crippen molar-refractivity contribution in [2.45, 2.75) is 0 Å². The lowest BCUT2D eigenvalue weighted by Gasteiger charge is -1.70. The fraction of sp³-hybridized carbons (Fsp3) is 0.